The van der Waals surface area contributed by atoms with Gasteiger partial charge in [0.05, 0.1) is 23.9 Å². The van der Waals surface area contributed by atoms with Gasteiger partial charge in [0.1, 0.15) is 0 Å². The van der Waals surface area contributed by atoms with Gasteiger partial charge in [-0.1, -0.05) is 23.7 Å². The monoisotopic (exact) mass is 376 g/mol. The minimum atomic E-state index is -1.08. The van der Waals surface area contributed by atoms with Gasteiger partial charge < -0.3 is 14.6 Å². The Morgan fingerprint density at radius 1 is 1.23 bits per heavy atom. The molecule has 0 aliphatic carbocycles. The summed E-state index contributed by atoms with van der Waals surface area (Å²) in [6.45, 7) is 1.42. The van der Waals surface area contributed by atoms with Crippen LogP contribution in [0.3, 0.4) is 0 Å². The third-order valence-electron chi connectivity index (χ3n) is 3.34. The molecule has 0 aromatic heterocycles. The second kappa shape index (κ2) is 8.87. The summed E-state index contributed by atoms with van der Waals surface area (Å²) in [5.41, 5.74) is 3.32. The fourth-order valence-corrected chi connectivity index (χ4v) is 2.20. The molecule has 2 rings (SSSR count). The molecule has 0 aliphatic heterocycles. The van der Waals surface area contributed by atoms with Crippen LogP contribution in [0.2, 0.25) is 5.02 Å². The first-order valence-corrected chi connectivity index (χ1v) is 7.95. The predicted octanol–water partition coefficient (Wildman–Crippen LogP) is 2.96. The number of halogens is 1. The summed E-state index contributed by atoms with van der Waals surface area (Å²) >= 11 is 5.95. The lowest BCUT2D eigenvalue weighted by Gasteiger charge is -2.14. The van der Waals surface area contributed by atoms with Crippen LogP contribution < -0.4 is 14.9 Å². The van der Waals surface area contributed by atoms with Crippen molar-refractivity contribution in [1.29, 1.82) is 0 Å². The first kappa shape index (κ1) is 19.3. The standard InChI is InChI=1S/C18H17ClN2O5/c1-11(18(23)24)26-15-8-7-12(9-16(15)25-2)10-20-21-17(22)13-5-3-4-6-14(13)19/h3-11H,1-2H3,(H,21,22)(H,23,24)/b20-10-/t11-/m0/s1. The smallest absolute Gasteiger partial charge is 0.344 e. The highest BCUT2D eigenvalue weighted by Crippen LogP contribution is 2.28. The second-order valence-electron chi connectivity index (χ2n) is 5.19. The normalized spacial score (nSPS) is 11.8. The molecule has 8 heteroatoms. The first-order chi connectivity index (χ1) is 12.4. The molecular formula is C18H17ClN2O5. The van der Waals surface area contributed by atoms with Crippen molar-refractivity contribution in [2.45, 2.75) is 13.0 Å². The van der Waals surface area contributed by atoms with Crippen molar-refractivity contribution < 1.29 is 24.2 Å². The Labute approximate surface area is 155 Å². The molecule has 0 aliphatic rings. The molecule has 0 bridgehead atoms. The number of amides is 1. The maximum atomic E-state index is 12.0. The molecule has 2 aromatic rings. The van der Waals surface area contributed by atoms with E-state index < -0.39 is 18.0 Å². The maximum Gasteiger partial charge on any atom is 0.344 e. The second-order valence-corrected chi connectivity index (χ2v) is 5.59. The van der Waals surface area contributed by atoms with Gasteiger partial charge in [0.25, 0.3) is 5.91 Å². The molecule has 2 aromatic carbocycles. The molecule has 2 N–H and O–H groups in total. The molecule has 0 saturated carbocycles. The molecule has 0 fully saturated rings. The van der Waals surface area contributed by atoms with E-state index in [1.165, 1.54) is 20.2 Å². The van der Waals surface area contributed by atoms with Gasteiger partial charge in [0.2, 0.25) is 0 Å². The molecule has 1 atom stereocenters. The van der Waals surface area contributed by atoms with Crippen LogP contribution in [0.15, 0.2) is 47.6 Å². The van der Waals surface area contributed by atoms with E-state index >= 15 is 0 Å². The largest absolute Gasteiger partial charge is 0.493 e. The molecule has 1 amide bonds. The van der Waals surface area contributed by atoms with Gasteiger partial charge in [-0.3, -0.25) is 4.79 Å². The highest BCUT2D eigenvalue weighted by Gasteiger charge is 2.15. The number of nitrogens with zero attached hydrogens (tertiary/aromatic N) is 1. The van der Waals surface area contributed by atoms with Crippen LogP contribution in [0.25, 0.3) is 0 Å². The zero-order chi connectivity index (χ0) is 19.1. The molecule has 0 heterocycles. The number of hydrogen-bond donors (Lipinski definition) is 2. The molecular weight excluding hydrogens is 360 g/mol. The van der Waals surface area contributed by atoms with Crippen LogP contribution in [0.4, 0.5) is 0 Å². The van der Waals surface area contributed by atoms with Crippen LogP contribution in [0.1, 0.15) is 22.8 Å². The van der Waals surface area contributed by atoms with Crippen molar-refractivity contribution in [3.63, 3.8) is 0 Å². The summed E-state index contributed by atoms with van der Waals surface area (Å²) in [5.74, 6) is -0.881. The molecule has 26 heavy (non-hydrogen) atoms. The van der Waals surface area contributed by atoms with E-state index in [0.29, 0.717) is 27.6 Å². The Morgan fingerprint density at radius 2 is 1.96 bits per heavy atom. The minimum absolute atomic E-state index is 0.291. The number of carbonyl (C=O) groups excluding carboxylic acids is 1. The lowest BCUT2D eigenvalue weighted by atomic mass is 10.2. The Balaban J connectivity index is 2.07. The summed E-state index contributed by atoms with van der Waals surface area (Å²) in [7, 11) is 1.44. The molecule has 7 nitrogen and oxygen atoms in total. The summed E-state index contributed by atoms with van der Waals surface area (Å²) in [6, 6.07) is 11.5. The van der Waals surface area contributed by atoms with Gasteiger partial charge in [-0.05, 0) is 42.8 Å². The molecule has 0 radical (unpaired) electrons. The van der Waals surface area contributed by atoms with Crippen LogP contribution in [-0.4, -0.2) is 36.4 Å². The number of rotatable bonds is 7. The van der Waals surface area contributed by atoms with Crippen LogP contribution >= 0.6 is 11.6 Å². The number of carboxylic acid groups (broad SMARTS) is 1. The van der Waals surface area contributed by atoms with E-state index in [-0.39, 0.29) is 0 Å². The fourth-order valence-electron chi connectivity index (χ4n) is 1.97. The lowest BCUT2D eigenvalue weighted by Crippen LogP contribution is -2.23. The van der Waals surface area contributed by atoms with E-state index in [0.717, 1.165) is 0 Å². The van der Waals surface area contributed by atoms with Crippen molar-refractivity contribution >= 4 is 29.7 Å². The Bertz CT molecular complexity index is 838. The van der Waals surface area contributed by atoms with Crippen molar-refractivity contribution in [1.82, 2.24) is 5.43 Å². The van der Waals surface area contributed by atoms with Crippen LogP contribution in [0.5, 0.6) is 11.5 Å². The van der Waals surface area contributed by atoms with E-state index in [9.17, 15) is 9.59 Å². The van der Waals surface area contributed by atoms with E-state index in [1.54, 1.807) is 42.5 Å². The fraction of sp³-hybridized carbons (Fsp3) is 0.167. The summed E-state index contributed by atoms with van der Waals surface area (Å²) in [4.78, 5) is 22.9. The number of benzene rings is 2. The third-order valence-corrected chi connectivity index (χ3v) is 3.67. The highest BCUT2D eigenvalue weighted by molar-refractivity contribution is 6.33. The van der Waals surface area contributed by atoms with Gasteiger partial charge in [0, 0.05) is 0 Å². The topological polar surface area (TPSA) is 97.2 Å². The predicted molar refractivity (Wildman–Crippen MR) is 97.2 cm³/mol. The van der Waals surface area contributed by atoms with Crippen LogP contribution in [-0.2, 0) is 4.79 Å². The minimum Gasteiger partial charge on any atom is -0.493 e. The Hall–Kier alpha value is -3.06. The number of hydrogen-bond acceptors (Lipinski definition) is 5. The van der Waals surface area contributed by atoms with Crippen LogP contribution in [0, 0.1) is 0 Å². The molecule has 0 spiro atoms. The SMILES string of the molecule is COc1cc(/C=N\NC(=O)c2ccccc2Cl)ccc1O[C@@H](C)C(=O)O. The number of ether oxygens (including phenoxy) is 2. The van der Waals surface area contributed by atoms with Gasteiger partial charge in [-0.2, -0.15) is 5.10 Å². The lowest BCUT2D eigenvalue weighted by molar-refractivity contribution is -0.144. The van der Waals surface area contributed by atoms with Gasteiger partial charge in [-0.15, -0.1) is 0 Å². The average Bonchev–Trinajstić information content (AvgIpc) is 2.62. The summed E-state index contributed by atoms with van der Waals surface area (Å²) in [5, 5.41) is 13.1. The van der Waals surface area contributed by atoms with Crippen molar-refractivity contribution in [2.75, 3.05) is 7.11 Å². The number of carbonyl (C=O) groups is 2. The number of nitrogens with one attached hydrogen (secondary N) is 1. The van der Waals surface area contributed by atoms with E-state index in [1.807, 2.05) is 0 Å². The molecule has 136 valence electrons. The van der Waals surface area contributed by atoms with E-state index in [2.05, 4.69) is 10.5 Å². The number of methoxy groups -OCH3 is 1. The molecule has 0 unspecified atom stereocenters. The van der Waals surface area contributed by atoms with Gasteiger partial charge in [0.15, 0.2) is 17.6 Å². The zero-order valence-electron chi connectivity index (χ0n) is 14.1. The average molecular weight is 377 g/mol. The zero-order valence-corrected chi connectivity index (χ0v) is 14.9. The Kier molecular flexibility index (Phi) is 6.57. The number of hydrazone groups is 1. The first-order valence-electron chi connectivity index (χ1n) is 7.57. The summed E-state index contributed by atoms with van der Waals surface area (Å²) < 4.78 is 10.5. The number of carboxylic acids is 1. The molecule has 0 saturated heterocycles. The maximum absolute atomic E-state index is 12.0. The quantitative estimate of drug-likeness (QED) is 0.572. The summed E-state index contributed by atoms with van der Waals surface area (Å²) in [6.07, 6.45) is 0.403. The van der Waals surface area contributed by atoms with Gasteiger partial charge >= 0.3 is 5.97 Å². The Morgan fingerprint density at radius 3 is 2.62 bits per heavy atom. The van der Waals surface area contributed by atoms with E-state index in [4.69, 9.17) is 26.2 Å². The van der Waals surface area contributed by atoms with Crippen molar-refractivity contribution in [3.05, 3.63) is 58.6 Å². The highest BCUT2D eigenvalue weighted by atomic mass is 35.5. The van der Waals surface area contributed by atoms with Crippen molar-refractivity contribution in [3.8, 4) is 11.5 Å². The van der Waals surface area contributed by atoms with Crippen molar-refractivity contribution in [2.24, 2.45) is 5.10 Å². The number of aliphatic carboxylic acids is 1. The van der Waals surface area contributed by atoms with Gasteiger partial charge in [-0.25, -0.2) is 10.2 Å². The third kappa shape index (κ3) is 4.97.